The van der Waals surface area contributed by atoms with Crippen LogP contribution in [0.2, 0.25) is 0 Å². The topological polar surface area (TPSA) is 138 Å². The first-order chi connectivity index (χ1) is 18.3. The Labute approximate surface area is 220 Å². The molecule has 1 N–H and O–H groups in total. The fourth-order valence-electron chi connectivity index (χ4n) is 4.29. The van der Waals surface area contributed by atoms with Crippen molar-refractivity contribution in [1.82, 2.24) is 14.8 Å². The number of hydrogen-bond acceptors (Lipinski definition) is 8. The maximum absolute atomic E-state index is 13.5. The monoisotopic (exact) mass is 561 g/mol. The summed E-state index contributed by atoms with van der Waals surface area (Å²) in [7, 11) is -3.30. The molecule has 0 saturated carbocycles. The molecule has 2 heterocycles. The first-order valence-corrected chi connectivity index (χ1v) is 13.6. The Bertz CT molecular complexity index is 1650. The van der Waals surface area contributed by atoms with Gasteiger partial charge in [0.1, 0.15) is 15.9 Å². The van der Waals surface area contributed by atoms with Gasteiger partial charge in [-0.25, -0.2) is 27.7 Å². The zero-order chi connectivity index (χ0) is 28.5. The minimum atomic E-state index is -4.65. The summed E-state index contributed by atoms with van der Waals surface area (Å²) in [5.41, 5.74) is -0.906. The highest BCUT2D eigenvalue weighted by atomic mass is 32.2. The molecule has 2 aromatic carbocycles. The molecular weight excluding hydrogens is 539 g/mol. The lowest BCUT2D eigenvalue weighted by molar-refractivity contribution is -0.140. The lowest BCUT2D eigenvalue weighted by Crippen LogP contribution is -2.38. The molecule has 1 atom stereocenters. The number of hydrogen-bond donors (Lipinski definition) is 1. The summed E-state index contributed by atoms with van der Waals surface area (Å²) in [6.07, 6.45) is -3.59. The van der Waals surface area contributed by atoms with Gasteiger partial charge in [-0.3, -0.25) is 4.90 Å². The summed E-state index contributed by atoms with van der Waals surface area (Å²) in [5, 5.41) is 15.5. The second-order valence-electron chi connectivity index (χ2n) is 8.84. The third kappa shape index (κ3) is 5.73. The van der Waals surface area contributed by atoms with Gasteiger partial charge < -0.3 is 4.74 Å². The quantitative estimate of drug-likeness (QED) is 0.342. The fourth-order valence-corrected chi connectivity index (χ4v) is 4.94. The first kappa shape index (κ1) is 27.6. The largest absolute Gasteiger partial charge is 0.462 e. The van der Waals surface area contributed by atoms with Gasteiger partial charge in [0.05, 0.1) is 35.1 Å². The summed E-state index contributed by atoms with van der Waals surface area (Å²) in [6, 6.07) is 11.2. The van der Waals surface area contributed by atoms with E-state index in [1.165, 1.54) is 48.2 Å². The van der Waals surface area contributed by atoms with Crippen molar-refractivity contribution in [1.29, 1.82) is 5.26 Å². The molecule has 39 heavy (non-hydrogen) atoms. The molecule has 0 spiro atoms. The Morgan fingerprint density at radius 3 is 2.51 bits per heavy atom. The molecule has 0 amide bonds. The van der Waals surface area contributed by atoms with Crippen molar-refractivity contribution >= 4 is 27.4 Å². The highest BCUT2D eigenvalue weighted by molar-refractivity contribution is 7.90. The van der Waals surface area contributed by atoms with Gasteiger partial charge in [-0.05, 0) is 49.2 Å². The van der Waals surface area contributed by atoms with Gasteiger partial charge in [-0.15, -0.1) is 5.10 Å². The molecule has 204 valence electrons. The standard InChI is InChI=1S/C25H22F3N5O5S/c1-15-20(22(34)38-11-4-12-39(2,36)37)21(17-9-7-16(14-29)8-10-17)33-23(30-31-24(33)35)32(15)19-6-3-5-18(13-19)25(26,27)28/h3,5-10,13,21H,4,11-12H2,1-2H3,(H,31,35). The van der Waals surface area contributed by atoms with Crippen LogP contribution in [0.1, 0.15) is 36.1 Å². The predicted molar refractivity (Wildman–Crippen MR) is 134 cm³/mol. The first-order valence-electron chi connectivity index (χ1n) is 11.5. The molecule has 1 aliphatic rings. The van der Waals surface area contributed by atoms with E-state index in [1.807, 2.05) is 6.07 Å². The van der Waals surface area contributed by atoms with Crippen molar-refractivity contribution in [3.63, 3.8) is 0 Å². The number of esters is 1. The summed E-state index contributed by atoms with van der Waals surface area (Å²) < 4.78 is 69.9. The molecule has 0 aliphatic carbocycles. The molecule has 1 unspecified atom stereocenters. The van der Waals surface area contributed by atoms with Crippen LogP contribution in [0.5, 0.6) is 0 Å². The molecule has 1 aromatic heterocycles. The van der Waals surface area contributed by atoms with E-state index in [2.05, 4.69) is 10.2 Å². The van der Waals surface area contributed by atoms with Crippen molar-refractivity contribution in [2.24, 2.45) is 0 Å². The summed E-state index contributed by atoms with van der Waals surface area (Å²) in [6.45, 7) is 1.23. The Morgan fingerprint density at radius 1 is 1.21 bits per heavy atom. The molecular formula is C25H22F3N5O5S. The number of nitrogens with one attached hydrogen (secondary N) is 1. The zero-order valence-corrected chi connectivity index (χ0v) is 21.5. The van der Waals surface area contributed by atoms with Crippen LogP contribution in [-0.2, 0) is 25.5 Å². The van der Waals surface area contributed by atoms with Crippen LogP contribution in [0.25, 0.3) is 0 Å². The molecule has 0 fully saturated rings. The predicted octanol–water partition coefficient (Wildman–Crippen LogP) is 3.45. The molecule has 4 rings (SSSR count). The van der Waals surface area contributed by atoms with E-state index in [1.54, 1.807) is 0 Å². The van der Waals surface area contributed by atoms with Crippen molar-refractivity contribution in [3.8, 4) is 6.07 Å². The van der Waals surface area contributed by atoms with Crippen LogP contribution >= 0.6 is 0 Å². The third-order valence-corrected chi connectivity index (χ3v) is 7.07. The van der Waals surface area contributed by atoms with E-state index < -0.39 is 39.3 Å². The van der Waals surface area contributed by atoms with E-state index in [4.69, 9.17) is 4.74 Å². The number of rotatable bonds is 7. The number of aromatic amines is 1. The molecule has 0 saturated heterocycles. The number of benzene rings is 2. The van der Waals surface area contributed by atoms with E-state index in [-0.39, 0.29) is 41.7 Å². The Kier molecular flexibility index (Phi) is 7.38. The number of anilines is 2. The number of carbonyl (C=O) groups excluding carboxylic acids is 1. The van der Waals surface area contributed by atoms with Crippen LogP contribution < -0.4 is 10.6 Å². The number of fused-ring (bicyclic) bond motifs is 1. The Balaban J connectivity index is 1.87. The third-order valence-electron chi connectivity index (χ3n) is 6.04. The highest BCUT2D eigenvalue weighted by Crippen LogP contribution is 2.42. The van der Waals surface area contributed by atoms with E-state index >= 15 is 0 Å². The second-order valence-corrected chi connectivity index (χ2v) is 11.1. The number of H-pyrrole nitrogens is 1. The van der Waals surface area contributed by atoms with E-state index in [0.717, 1.165) is 23.0 Å². The van der Waals surface area contributed by atoms with Gasteiger partial charge in [0.25, 0.3) is 0 Å². The van der Waals surface area contributed by atoms with Crippen LogP contribution in [0.4, 0.5) is 24.8 Å². The second kappa shape index (κ2) is 10.4. The lowest BCUT2D eigenvalue weighted by Gasteiger charge is -2.35. The SMILES string of the molecule is CC1=C(C(=O)OCCCS(C)(=O)=O)C(c2ccc(C#N)cc2)n2c(n[nH]c2=O)N1c1cccc(C(F)(F)F)c1. The highest BCUT2D eigenvalue weighted by Gasteiger charge is 2.40. The summed E-state index contributed by atoms with van der Waals surface area (Å²) in [5.74, 6) is -1.19. The maximum atomic E-state index is 13.5. The van der Waals surface area contributed by atoms with E-state index in [9.17, 15) is 36.4 Å². The number of nitrogens with zero attached hydrogens (tertiary/aromatic N) is 4. The van der Waals surface area contributed by atoms with Crippen LogP contribution in [0.3, 0.4) is 0 Å². The summed E-state index contributed by atoms with van der Waals surface area (Å²) >= 11 is 0. The van der Waals surface area contributed by atoms with Crippen molar-refractivity contribution < 1.29 is 31.1 Å². The fraction of sp³-hybridized carbons (Fsp3) is 0.280. The average Bonchev–Trinajstić information content (AvgIpc) is 3.25. The number of carbonyl (C=O) groups is 1. The van der Waals surface area contributed by atoms with Gasteiger partial charge in [-0.2, -0.15) is 18.4 Å². The molecule has 3 aromatic rings. The number of aromatic nitrogens is 3. The van der Waals surface area contributed by atoms with Gasteiger partial charge >= 0.3 is 17.8 Å². The Morgan fingerprint density at radius 2 is 1.90 bits per heavy atom. The number of nitriles is 1. The Hall–Kier alpha value is -4.38. The smallest absolute Gasteiger partial charge is 0.416 e. The zero-order valence-electron chi connectivity index (χ0n) is 20.7. The van der Waals surface area contributed by atoms with Gasteiger partial charge in [0.15, 0.2) is 0 Å². The summed E-state index contributed by atoms with van der Waals surface area (Å²) in [4.78, 5) is 27.7. The van der Waals surface area contributed by atoms with Crippen LogP contribution in [0.15, 0.2) is 64.6 Å². The minimum absolute atomic E-state index is 0.0109. The lowest BCUT2D eigenvalue weighted by atomic mass is 9.93. The van der Waals surface area contributed by atoms with Crippen LogP contribution in [-0.4, -0.2) is 47.8 Å². The molecule has 1 aliphatic heterocycles. The van der Waals surface area contributed by atoms with Crippen molar-refractivity contribution in [2.45, 2.75) is 25.6 Å². The normalized spacial score (nSPS) is 15.6. The maximum Gasteiger partial charge on any atom is 0.416 e. The van der Waals surface area contributed by atoms with Gasteiger partial charge in [0, 0.05) is 17.6 Å². The number of sulfone groups is 1. The molecule has 0 radical (unpaired) electrons. The molecule has 14 heteroatoms. The number of ether oxygens (including phenoxy) is 1. The number of halogens is 3. The average molecular weight is 562 g/mol. The van der Waals surface area contributed by atoms with Crippen LogP contribution in [0, 0.1) is 11.3 Å². The van der Waals surface area contributed by atoms with Gasteiger partial charge in [0.2, 0.25) is 5.95 Å². The molecule has 0 bridgehead atoms. The number of allylic oxidation sites excluding steroid dienone is 1. The minimum Gasteiger partial charge on any atom is -0.462 e. The van der Waals surface area contributed by atoms with E-state index in [0.29, 0.717) is 11.1 Å². The molecule has 10 nitrogen and oxygen atoms in total. The number of alkyl halides is 3. The van der Waals surface area contributed by atoms with Crippen molar-refractivity contribution in [3.05, 3.63) is 87.0 Å². The van der Waals surface area contributed by atoms with Crippen molar-refractivity contribution in [2.75, 3.05) is 23.5 Å². The van der Waals surface area contributed by atoms with Gasteiger partial charge in [-0.1, -0.05) is 18.2 Å².